The first-order chi connectivity index (χ1) is 13.5. The van der Waals surface area contributed by atoms with E-state index in [0.717, 1.165) is 43.1 Å². The lowest BCUT2D eigenvalue weighted by atomic mass is 9.94. The molecule has 0 saturated carbocycles. The first-order valence-corrected chi connectivity index (χ1v) is 9.93. The van der Waals surface area contributed by atoms with Crippen LogP contribution in [0.3, 0.4) is 0 Å². The van der Waals surface area contributed by atoms with Crippen LogP contribution in [0.4, 0.5) is 11.4 Å². The number of rotatable bonds is 6. The Hall–Kier alpha value is -2.72. The molecular weight excluding hydrogens is 344 g/mol. The minimum Gasteiger partial charge on any atom is -0.388 e. The molecule has 4 nitrogen and oxygen atoms in total. The van der Waals surface area contributed by atoms with Gasteiger partial charge in [-0.1, -0.05) is 36.9 Å². The van der Waals surface area contributed by atoms with Crippen molar-refractivity contribution in [2.75, 3.05) is 44.4 Å². The fourth-order valence-corrected chi connectivity index (χ4v) is 3.72. The van der Waals surface area contributed by atoms with E-state index in [1.165, 1.54) is 28.0 Å². The van der Waals surface area contributed by atoms with Crippen molar-refractivity contribution in [2.24, 2.45) is 0 Å². The molecule has 1 aliphatic heterocycles. The quantitative estimate of drug-likeness (QED) is 0.680. The molecule has 0 atom stereocenters. The zero-order valence-corrected chi connectivity index (χ0v) is 17.5. The number of hydrogen-bond donors (Lipinski definition) is 3. The lowest BCUT2D eigenvalue weighted by Crippen LogP contribution is -2.39. The van der Waals surface area contributed by atoms with Gasteiger partial charge in [0.05, 0.1) is 0 Å². The molecule has 1 saturated heterocycles. The summed E-state index contributed by atoms with van der Waals surface area (Å²) >= 11 is 0. The minimum atomic E-state index is 0.814. The molecule has 4 heteroatoms. The molecule has 0 unspecified atom stereocenters. The number of anilines is 2. The third kappa shape index (κ3) is 4.57. The van der Waals surface area contributed by atoms with E-state index in [1.807, 2.05) is 7.05 Å². The number of benzene rings is 2. The van der Waals surface area contributed by atoms with Gasteiger partial charge in [-0.15, -0.1) is 0 Å². The highest BCUT2D eigenvalue weighted by Crippen LogP contribution is 2.34. The van der Waals surface area contributed by atoms with Crippen LogP contribution in [-0.2, 0) is 0 Å². The Bertz CT molecular complexity index is 882. The number of nitrogens with one attached hydrogen (secondary N) is 3. The van der Waals surface area contributed by atoms with Gasteiger partial charge in [0.1, 0.15) is 0 Å². The van der Waals surface area contributed by atoms with E-state index < -0.39 is 0 Å². The fourth-order valence-electron chi connectivity index (χ4n) is 3.72. The van der Waals surface area contributed by atoms with Crippen LogP contribution in [0.1, 0.15) is 17.5 Å². The molecule has 1 heterocycles. The molecule has 1 aliphatic rings. The van der Waals surface area contributed by atoms with Crippen molar-refractivity contribution in [3.63, 3.8) is 0 Å². The Morgan fingerprint density at radius 3 is 2.39 bits per heavy atom. The maximum Gasteiger partial charge on any atom is 0.0417 e. The van der Waals surface area contributed by atoms with Crippen LogP contribution in [0, 0.1) is 13.8 Å². The van der Waals surface area contributed by atoms with E-state index in [1.54, 1.807) is 0 Å². The molecule has 0 aromatic heterocycles. The number of hydrogen-bond acceptors (Lipinski definition) is 4. The molecular formula is C24H32N4. The number of likely N-dealkylation sites (N-methyl/N-ethyl adjacent to an activating group) is 1. The summed E-state index contributed by atoms with van der Waals surface area (Å²) in [6.07, 6.45) is 3.05. The van der Waals surface area contributed by atoms with E-state index in [2.05, 4.69) is 90.8 Å². The Morgan fingerprint density at radius 2 is 1.75 bits per heavy atom. The van der Waals surface area contributed by atoms with Gasteiger partial charge in [0, 0.05) is 55.9 Å². The maximum absolute atomic E-state index is 4.23. The molecule has 2 aromatic carbocycles. The molecule has 148 valence electrons. The van der Waals surface area contributed by atoms with E-state index in [9.17, 15) is 0 Å². The molecule has 28 heavy (non-hydrogen) atoms. The van der Waals surface area contributed by atoms with Crippen LogP contribution in [0.25, 0.3) is 11.1 Å². The summed E-state index contributed by atoms with van der Waals surface area (Å²) in [6, 6.07) is 12.8. The van der Waals surface area contributed by atoms with Crippen molar-refractivity contribution in [3.05, 3.63) is 71.6 Å². The van der Waals surface area contributed by atoms with E-state index in [4.69, 9.17) is 0 Å². The molecule has 3 rings (SSSR count). The molecule has 0 bridgehead atoms. The van der Waals surface area contributed by atoms with Gasteiger partial charge >= 0.3 is 0 Å². The molecule has 1 fully saturated rings. The third-order valence-corrected chi connectivity index (χ3v) is 5.42. The summed E-state index contributed by atoms with van der Waals surface area (Å²) < 4.78 is 0. The molecule has 0 radical (unpaired) electrons. The first-order valence-electron chi connectivity index (χ1n) is 9.93. The molecule has 0 aliphatic carbocycles. The van der Waals surface area contributed by atoms with Gasteiger partial charge < -0.3 is 16.0 Å². The number of piperazine rings is 1. The average Bonchev–Trinajstić information content (AvgIpc) is 2.69. The number of nitrogens with zero attached hydrogens (tertiary/aromatic N) is 1. The number of allylic oxidation sites excluding steroid dienone is 1. The summed E-state index contributed by atoms with van der Waals surface area (Å²) in [5.41, 5.74) is 9.58. The zero-order chi connectivity index (χ0) is 20.1. The summed E-state index contributed by atoms with van der Waals surface area (Å²) in [5, 5.41) is 10.3. The zero-order valence-electron chi connectivity index (χ0n) is 17.5. The Labute approximate surface area is 169 Å². The smallest absolute Gasteiger partial charge is 0.0417 e. The van der Waals surface area contributed by atoms with Gasteiger partial charge in [-0.05, 0) is 55.3 Å². The van der Waals surface area contributed by atoms with Crippen LogP contribution in [-0.4, -0.2) is 38.6 Å². The average molecular weight is 377 g/mol. The Balaban J connectivity index is 1.76. The van der Waals surface area contributed by atoms with E-state index >= 15 is 0 Å². The maximum atomic E-state index is 4.23. The highest BCUT2D eigenvalue weighted by Gasteiger charge is 2.11. The standard InChI is InChI=1S/C24H32N4/c1-17(12-13-20-16-28(5)15-14-26-20)27-24-11-7-9-22(19(24)3)21-8-6-10-23(25-4)18(21)2/h6-11,13,25-27H,1,12,14-16H2,2-5H3/b20-13-. The first kappa shape index (κ1) is 20.0. The molecule has 2 aromatic rings. The monoisotopic (exact) mass is 376 g/mol. The largest absolute Gasteiger partial charge is 0.388 e. The van der Waals surface area contributed by atoms with Gasteiger partial charge in [0.15, 0.2) is 0 Å². The van der Waals surface area contributed by atoms with Crippen LogP contribution >= 0.6 is 0 Å². The van der Waals surface area contributed by atoms with Gasteiger partial charge in [0.2, 0.25) is 0 Å². The van der Waals surface area contributed by atoms with Crippen molar-refractivity contribution in [2.45, 2.75) is 20.3 Å². The van der Waals surface area contributed by atoms with Crippen molar-refractivity contribution in [1.29, 1.82) is 0 Å². The second kappa shape index (κ2) is 8.98. The van der Waals surface area contributed by atoms with Crippen molar-refractivity contribution in [3.8, 4) is 11.1 Å². The summed E-state index contributed by atoms with van der Waals surface area (Å²) in [6.45, 7) is 11.7. The SMILES string of the molecule is C=C(C/C=C1/CN(C)CCN1)Nc1cccc(-c2cccc(NC)c2C)c1C. The third-order valence-electron chi connectivity index (χ3n) is 5.42. The summed E-state index contributed by atoms with van der Waals surface area (Å²) in [7, 11) is 4.12. The van der Waals surface area contributed by atoms with Gasteiger partial charge in [-0.25, -0.2) is 0 Å². The van der Waals surface area contributed by atoms with Gasteiger partial charge in [0.25, 0.3) is 0 Å². The second-order valence-corrected chi connectivity index (χ2v) is 7.53. The molecule has 0 spiro atoms. The second-order valence-electron chi connectivity index (χ2n) is 7.53. The lowest BCUT2D eigenvalue weighted by Gasteiger charge is -2.26. The van der Waals surface area contributed by atoms with Crippen molar-refractivity contribution < 1.29 is 0 Å². The predicted molar refractivity (Wildman–Crippen MR) is 122 cm³/mol. The Morgan fingerprint density at radius 1 is 1.11 bits per heavy atom. The Kier molecular flexibility index (Phi) is 6.42. The van der Waals surface area contributed by atoms with Crippen LogP contribution < -0.4 is 16.0 Å². The predicted octanol–water partition coefficient (Wildman–Crippen LogP) is 4.75. The molecule has 0 amide bonds. The van der Waals surface area contributed by atoms with E-state index in [0.29, 0.717) is 0 Å². The summed E-state index contributed by atoms with van der Waals surface area (Å²) in [4.78, 5) is 2.33. The van der Waals surface area contributed by atoms with Crippen LogP contribution in [0.2, 0.25) is 0 Å². The van der Waals surface area contributed by atoms with Crippen LogP contribution in [0.15, 0.2) is 60.4 Å². The highest BCUT2D eigenvalue weighted by molar-refractivity contribution is 5.79. The fraction of sp³-hybridized carbons (Fsp3) is 0.333. The van der Waals surface area contributed by atoms with Crippen molar-refractivity contribution in [1.82, 2.24) is 10.2 Å². The van der Waals surface area contributed by atoms with Crippen molar-refractivity contribution >= 4 is 11.4 Å². The van der Waals surface area contributed by atoms with E-state index in [-0.39, 0.29) is 0 Å². The lowest BCUT2D eigenvalue weighted by molar-refractivity contribution is 0.322. The topological polar surface area (TPSA) is 39.3 Å². The molecule has 3 N–H and O–H groups in total. The normalized spacial score (nSPS) is 15.9. The van der Waals surface area contributed by atoms with Gasteiger partial charge in [-0.3, -0.25) is 4.90 Å². The minimum absolute atomic E-state index is 0.814. The highest BCUT2D eigenvalue weighted by atomic mass is 15.2. The summed E-state index contributed by atoms with van der Waals surface area (Å²) in [5.74, 6) is 0. The van der Waals surface area contributed by atoms with Crippen LogP contribution in [0.5, 0.6) is 0 Å². The van der Waals surface area contributed by atoms with Gasteiger partial charge in [-0.2, -0.15) is 0 Å².